The normalized spacial score (nSPS) is 10.4. The standard InChI is InChI=1S/C10H11FN4O/c1-15-6-9(5-14-15)16-10-7(3-12)2-8(11)4-13-10/h2,4-6H,3,12H2,1H3. The highest BCUT2D eigenvalue weighted by Crippen LogP contribution is 2.22. The van der Waals surface area contributed by atoms with E-state index in [0.29, 0.717) is 17.2 Å². The Morgan fingerprint density at radius 1 is 1.50 bits per heavy atom. The molecule has 2 heterocycles. The van der Waals surface area contributed by atoms with Crippen LogP contribution < -0.4 is 10.5 Å². The molecule has 0 saturated carbocycles. The summed E-state index contributed by atoms with van der Waals surface area (Å²) >= 11 is 0. The Morgan fingerprint density at radius 2 is 2.31 bits per heavy atom. The maximum atomic E-state index is 12.9. The molecule has 0 saturated heterocycles. The molecule has 0 amide bonds. The van der Waals surface area contributed by atoms with Gasteiger partial charge in [-0.15, -0.1) is 0 Å². The molecule has 6 heteroatoms. The molecule has 0 atom stereocenters. The van der Waals surface area contributed by atoms with Crippen molar-refractivity contribution in [3.05, 3.63) is 36.0 Å². The van der Waals surface area contributed by atoms with Gasteiger partial charge in [0.25, 0.3) is 0 Å². The third kappa shape index (κ3) is 2.17. The Bertz CT molecular complexity index is 497. The summed E-state index contributed by atoms with van der Waals surface area (Å²) in [5.41, 5.74) is 5.99. The van der Waals surface area contributed by atoms with Crippen molar-refractivity contribution in [2.24, 2.45) is 12.8 Å². The number of aryl methyl sites for hydroxylation is 1. The van der Waals surface area contributed by atoms with Gasteiger partial charge in [-0.2, -0.15) is 5.10 Å². The molecule has 16 heavy (non-hydrogen) atoms. The highest BCUT2D eigenvalue weighted by molar-refractivity contribution is 5.30. The zero-order chi connectivity index (χ0) is 11.5. The SMILES string of the molecule is Cn1cc(Oc2ncc(F)cc2CN)cn1. The van der Waals surface area contributed by atoms with Gasteiger partial charge in [0.15, 0.2) is 5.75 Å². The summed E-state index contributed by atoms with van der Waals surface area (Å²) in [6.07, 6.45) is 4.32. The molecule has 0 aliphatic carbocycles. The Kier molecular flexibility index (Phi) is 2.82. The highest BCUT2D eigenvalue weighted by Gasteiger charge is 2.07. The van der Waals surface area contributed by atoms with Gasteiger partial charge in [0.05, 0.1) is 18.6 Å². The Balaban J connectivity index is 2.27. The predicted molar refractivity (Wildman–Crippen MR) is 55.4 cm³/mol. The molecule has 0 fully saturated rings. The molecule has 2 aromatic heterocycles. The first kappa shape index (κ1) is 10.6. The molecule has 0 aliphatic heterocycles. The largest absolute Gasteiger partial charge is 0.435 e. The van der Waals surface area contributed by atoms with Crippen molar-refractivity contribution >= 4 is 0 Å². The van der Waals surface area contributed by atoms with Crippen molar-refractivity contribution in [2.75, 3.05) is 0 Å². The van der Waals surface area contributed by atoms with Crippen LogP contribution in [-0.4, -0.2) is 14.8 Å². The summed E-state index contributed by atoms with van der Waals surface area (Å²) in [4.78, 5) is 3.84. The molecule has 2 N–H and O–H groups in total. The number of ether oxygens (including phenoxy) is 1. The van der Waals surface area contributed by atoms with Gasteiger partial charge in [0.1, 0.15) is 5.82 Å². The smallest absolute Gasteiger partial charge is 0.224 e. The van der Waals surface area contributed by atoms with Gasteiger partial charge in [-0.05, 0) is 6.07 Å². The molecule has 0 spiro atoms. The second-order valence-corrected chi connectivity index (χ2v) is 3.27. The van der Waals surface area contributed by atoms with E-state index in [9.17, 15) is 4.39 Å². The van der Waals surface area contributed by atoms with Crippen LogP contribution in [0.1, 0.15) is 5.56 Å². The molecule has 2 aromatic rings. The number of hydrogen-bond acceptors (Lipinski definition) is 4. The number of hydrogen-bond donors (Lipinski definition) is 1. The lowest BCUT2D eigenvalue weighted by Gasteiger charge is -2.06. The predicted octanol–water partition coefficient (Wildman–Crippen LogP) is 1.21. The van der Waals surface area contributed by atoms with E-state index in [1.807, 2.05) is 0 Å². The molecule has 2 rings (SSSR count). The van der Waals surface area contributed by atoms with E-state index < -0.39 is 5.82 Å². The lowest BCUT2D eigenvalue weighted by molar-refractivity contribution is 0.451. The number of halogens is 1. The Hall–Kier alpha value is -1.95. The second-order valence-electron chi connectivity index (χ2n) is 3.27. The zero-order valence-electron chi connectivity index (χ0n) is 8.72. The van der Waals surface area contributed by atoms with E-state index in [1.165, 1.54) is 6.07 Å². The molecule has 5 nitrogen and oxygen atoms in total. The fourth-order valence-corrected chi connectivity index (χ4v) is 1.27. The van der Waals surface area contributed by atoms with Crippen LogP contribution in [-0.2, 0) is 13.6 Å². The maximum Gasteiger partial charge on any atom is 0.224 e. The van der Waals surface area contributed by atoms with E-state index in [0.717, 1.165) is 6.20 Å². The minimum Gasteiger partial charge on any atom is -0.435 e. The van der Waals surface area contributed by atoms with Crippen LogP contribution in [0.25, 0.3) is 0 Å². The van der Waals surface area contributed by atoms with Crippen LogP contribution in [0, 0.1) is 5.82 Å². The highest BCUT2D eigenvalue weighted by atomic mass is 19.1. The molecule has 0 aliphatic rings. The van der Waals surface area contributed by atoms with Crippen molar-refractivity contribution in [3.8, 4) is 11.6 Å². The lowest BCUT2D eigenvalue weighted by Crippen LogP contribution is -2.01. The second kappa shape index (κ2) is 4.28. The van der Waals surface area contributed by atoms with Gasteiger partial charge in [-0.1, -0.05) is 0 Å². The summed E-state index contributed by atoms with van der Waals surface area (Å²) in [7, 11) is 1.77. The first-order chi connectivity index (χ1) is 7.69. The van der Waals surface area contributed by atoms with Crippen molar-refractivity contribution in [1.82, 2.24) is 14.8 Å². The topological polar surface area (TPSA) is 66.0 Å². The van der Waals surface area contributed by atoms with E-state index >= 15 is 0 Å². The fraction of sp³-hybridized carbons (Fsp3) is 0.200. The van der Waals surface area contributed by atoms with Crippen LogP contribution in [0.15, 0.2) is 24.7 Å². The number of nitrogens with two attached hydrogens (primary N) is 1. The van der Waals surface area contributed by atoms with Crippen LogP contribution >= 0.6 is 0 Å². The van der Waals surface area contributed by atoms with Crippen LogP contribution in [0.3, 0.4) is 0 Å². The van der Waals surface area contributed by atoms with E-state index in [-0.39, 0.29) is 6.54 Å². The quantitative estimate of drug-likeness (QED) is 0.847. The monoisotopic (exact) mass is 222 g/mol. The van der Waals surface area contributed by atoms with Gasteiger partial charge in [0.2, 0.25) is 5.88 Å². The zero-order valence-corrected chi connectivity index (χ0v) is 8.72. The van der Waals surface area contributed by atoms with Crippen molar-refractivity contribution < 1.29 is 9.13 Å². The molecule has 0 radical (unpaired) electrons. The number of rotatable bonds is 3. The number of pyridine rings is 1. The van der Waals surface area contributed by atoms with E-state index in [4.69, 9.17) is 10.5 Å². The van der Waals surface area contributed by atoms with Crippen LogP contribution in [0.5, 0.6) is 11.6 Å². The van der Waals surface area contributed by atoms with Gasteiger partial charge >= 0.3 is 0 Å². The summed E-state index contributed by atoms with van der Waals surface area (Å²) < 4.78 is 19.9. The minimum absolute atomic E-state index is 0.167. The molecule has 84 valence electrons. The first-order valence-electron chi connectivity index (χ1n) is 4.70. The van der Waals surface area contributed by atoms with Gasteiger partial charge in [-0.3, -0.25) is 4.68 Å². The van der Waals surface area contributed by atoms with Crippen molar-refractivity contribution in [1.29, 1.82) is 0 Å². The van der Waals surface area contributed by atoms with Crippen molar-refractivity contribution in [2.45, 2.75) is 6.54 Å². The summed E-state index contributed by atoms with van der Waals surface area (Å²) in [6, 6.07) is 1.30. The fourth-order valence-electron chi connectivity index (χ4n) is 1.27. The van der Waals surface area contributed by atoms with Crippen LogP contribution in [0.2, 0.25) is 0 Å². The third-order valence-corrected chi connectivity index (χ3v) is 2.01. The third-order valence-electron chi connectivity index (χ3n) is 2.01. The first-order valence-corrected chi connectivity index (χ1v) is 4.70. The van der Waals surface area contributed by atoms with Gasteiger partial charge in [0, 0.05) is 19.2 Å². The molecule has 0 unspecified atom stereocenters. The number of aromatic nitrogens is 3. The summed E-state index contributed by atoms with van der Waals surface area (Å²) in [5, 5.41) is 3.94. The van der Waals surface area contributed by atoms with E-state index in [2.05, 4.69) is 10.1 Å². The average molecular weight is 222 g/mol. The number of nitrogens with zero attached hydrogens (tertiary/aromatic N) is 3. The molecule has 0 aromatic carbocycles. The molecular formula is C10H11FN4O. The van der Waals surface area contributed by atoms with Gasteiger partial charge in [-0.25, -0.2) is 9.37 Å². The molecular weight excluding hydrogens is 211 g/mol. The Morgan fingerprint density at radius 3 is 2.94 bits per heavy atom. The minimum atomic E-state index is -0.431. The van der Waals surface area contributed by atoms with E-state index in [1.54, 1.807) is 24.1 Å². The maximum absolute atomic E-state index is 12.9. The summed E-state index contributed by atoms with van der Waals surface area (Å²) in [6.45, 7) is 0.167. The molecule has 0 bridgehead atoms. The Labute approximate surface area is 91.7 Å². The van der Waals surface area contributed by atoms with Crippen LogP contribution in [0.4, 0.5) is 4.39 Å². The summed E-state index contributed by atoms with van der Waals surface area (Å²) in [5.74, 6) is 0.409. The average Bonchev–Trinajstić information content (AvgIpc) is 2.67. The lowest BCUT2D eigenvalue weighted by atomic mass is 10.2. The van der Waals surface area contributed by atoms with Crippen molar-refractivity contribution in [3.63, 3.8) is 0 Å². The van der Waals surface area contributed by atoms with Gasteiger partial charge < -0.3 is 10.5 Å².